The lowest BCUT2D eigenvalue weighted by Crippen LogP contribution is -2.51. The van der Waals surface area contributed by atoms with E-state index in [0.29, 0.717) is 18.0 Å². The minimum absolute atomic E-state index is 0.130. The van der Waals surface area contributed by atoms with Gasteiger partial charge in [0.05, 0.1) is 29.8 Å². The Morgan fingerprint density at radius 1 is 1.09 bits per heavy atom. The second kappa shape index (κ2) is 9.77. The molecule has 34 heavy (non-hydrogen) atoms. The van der Waals surface area contributed by atoms with Gasteiger partial charge in [-0.1, -0.05) is 42.0 Å². The van der Waals surface area contributed by atoms with Crippen molar-refractivity contribution in [3.63, 3.8) is 0 Å². The van der Waals surface area contributed by atoms with E-state index < -0.39 is 16.1 Å². The third-order valence-corrected chi connectivity index (χ3v) is 7.48. The minimum Gasteiger partial charge on any atom is -0.494 e. The van der Waals surface area contributed by atoms with Crippen LogP contribution in [0.2, 0.25) is 0 Å². The number of hydrogen-bond donors (Lipinski definition) is 1. The Hall–Kier alpha value is -3.52. The van der Waals surface area contributed by atoms with Crippen molar-refractivity contribution in [2.75, 3.05) is 17.5 Å². The first-order valence-corrected chi connectivity index (χ1v) is 12.6. The number of benzene rings is 3. The molecule has 1 aliphatic rings. The second-order valence-corrected chi connectivity index (χ2v) is 10.0. The number of aryl methyl sites for hydroxylation is 1. The highest BCUT2D eigenvalue weighted by atomic mass is 32.2. The monoisotopic (exact) mass is 480 g/mol. The van der Waals surface area contributed by atoms with Crippen LogP contribution < -0.4 is 19.1 Å². The van der Waals surface area contributed by atoms with E-state index >= 15 is 0 Å². The molecule has 1 amide bonds. The van der Waals surface area contributed by atoms with E-state index in [4.69, 9.17) is 9.47 Å². The molecule has 0 spiro atoms. The summed E-state index contributed by atoms with van der Waals surface area (Å²) in [5.74, 6) is 0.715. The largest absolute Gasteiger partial charge is 0.494 e. The molecular formula is C26H28N2O5S. The van der Waals surface area contributed by atoms with Gasteiger partial charge in [0.1, 0.15) is 11.5 Å². The van der Waals surface area contributed by atoms with Crippen molar-refractivity contribution in [1.82, 2.24) is 5.32 Å². The standard InChI is InChI=1S/C26H28N2O5S/c1-4-32-21-13-11-20(12-14-21)19(3)27-26(29)25-17-28(23-7-5-6-8-24(23)33-25)34(30,31)22-15-9-18(2)10-16-22/h5-16,19,25H,4,17H2,1-3H3,(H,27,29). The molecule has 7 nitrogen and oxygen atoms in total. The van der Waals surface area contributed by atoms with Crippen molar-refractivity contribution in [1.29, 1.82) is 0 Å². The fraction of sp³-hybridized carbons (Fsp3) is 0.269. The summed E-state index contributed by atoms with van der Waals surface area (Å²) in [7, 11) is -3.89. The first kappa shape index (κ1) is 23.6. The van der Waals surface area contributed by atoms with Crippen LogP contribution in [-0.4, -0.2) is 33.6 Å². The molecule has 8 heteroatoms. The van der Waals surface area contributed by atoms with Gasteiger partial charge >= 0.3 is 0 Å². The van der Waals surface area contributed by atoms with Gasteiger partial charge in [0, 0.05) is 0 Å². The van der Waals surface area contributed by atoms with E-state index in [1.807, 2.05) is 45.0 Å². The zero-order valence-electron chi connectivity index (χ0n) is 19.4. The van der Waals surface area contributed by atoms with Crippen LogP contribution in [0.15, 0.2) is 77.7 Å². The number of anilines is 1. The Labute approximate surface area is 200 Å². The maximum absolute atomic E-state index is 13.5. The predicted molar refractivity (Wildman–Crippen MR) is 131 cm³/mol. The number of fused-ring (bicyclic) bond motifs is 1. The Morgan fingerprint density at radius 2 is 1.76 bits per heavy atom. The highest BCUT2D eigenvalue weighted by molar-refractivity contribution is 7.92. The molecule has 3 aromatic rings. The first-order valence-electron chi connectivity index (χ1n) is 11.2. The van der Waals surface area contributed by atoms with E-state index in [1.54, 1.807) is 48.5 Å². The molecule has 2 atom stereocenters. The number of ether oxygens (including phenoxy) is 2. The van der Waals surface area contributed by atoms with Crippen molar-refractivity contribution in [3.05, 3.63) is 83.9 Å². The molecule has 2 unspecified atom stereocenters. The Balaban J connectivity index is 1.56. The highest BCUT2D eigenvalue weighted by Gasteiger charge is 2.37. The molecule has 0 saturated carbocycles. The summed E-state index contributed by atoms with van der Waals surface area (Å²) in [6.45, 7) is 6.13. The number of nitrogens with one attached hydrogen (secondary N) is 1. The Morgan fingerprint density at radius 3 is 2.44 bits per heavy atom. The van der Waals surface area contributed by atoms with Gasteiger partial charge < -0.3 is 14.8 Å². The number of amides is 1. The minimum atomic E-state index is -3.89. The number of carbonyl (C=O) groups is 1. The molecule has 4 rings (SSSR count). The molecule has 3 aromatic carbocycles. The molecule has 0 aliphatic carbocycles. The van der Waals surface area contributed by atoms with E-state index in [9.17, 15) is 13.2 Å². The predicted octanol–water partition coefficient (Wildman–Crippen LogP) is 4.23. The average Bonchev–Trinajstić information content (AvgIpc) is 2.84. The van der Waals surface area contributed by atoms with Crippen molar-refractivity contribution >= 4 is 21.6 Å². The number of nitrogens with zero attached hydrogens (tertiary/aromatic N) is 1. The summed E-state index contributed by atoms with van der Waals surface area (Å²) in [5, 5.41) is 2.94. The zero-order valence-corrected chi connectivity index (χ0v) is 20.2. The van der Waals surface area contributed by atoms with Crippen LogP contribution in [0.5, 0.6) is 11.5 Å². The second-order valence-electron chi connectivity index (χ2n) is 8.16. The van der Waals surface area contributed by atoms with Crippen LogP contribution in [0.1, 0.15) is 31.0 Å². The Bertz CT molecular complexity index is 1260. The van der Waals surface area contributed by atoms with Gasteiger partial charge in [0.25, 0.3) is 15.9 Å². The maximum Gasteiger partial charge on any atom is 0.264 e. The van der Waals surface area contributed by atoms with E-state index in [0.717, 1.165) is 16.9 Å². The van der Waals surface area contributed by atoms with Gasteiger partial charge in [-0.15, -0.1) is 0 Å². The summed E-state index contributed by atoms with van der Waals surface area (Å²) in [4.78, 5) is 13.3. The topological polar surface area (TPSA) is 84.9 Å². The summed E-state index contributed by atoms with van der Waals surface area (Å²) in [6.07, 6.45) is -1.000. The molecular weight excluding hydrogens is 452 g/mol. The average molecular weight is 481 g/mol. The molecule has 178 valence electrons. The van der Waals surface area contributed by atoms with Crippen LogP contribution in [0, 0.1) is 6.92 Å². The van der Waals surface area contributed by atoms with Gasteiger partial charge in [0.15, 0.2) is 6.10 Å². The quantitative estimate of drug-likeness (QED) is 0.547. The summed E-state index contributed by atoms with van der Waals surface area (Å²) >= 11 is 0. The van der Waals surface area contributed by atoms with E-state index in [-0.39, 0.29) is 23.4 Å². The van der Waals surface area contributed by atoms with E-state index in [1.165, 1.54) is 4.31 Å². The van der Waals surface area contributed by atoms with Crippen LogP contribution in [-0.2, 0) is 14.8 Å². The van der Waals surface area contributed by atoms with Crippen LogP contribution in [0.25, 0.3) is 0 Å². The highest BCUT2D eigenvalue weighted by Crippen LogP contribution is 2.37. The Kier molecular flexibility index (Phi) is 6.79. The lowest BCUT2D eigenvalue weighted by Gasteiger charge is -2.35. The number of para-hydroxylation sites is 2. The van der Waals surface area contributed by atoms with Crippen LogP contribution in [0.4, 0.5) is 5.69 Å². The zero-order chi connectivity index (χ0) is 24.3. The lowest BCUT2D eigenvalue weighted by atomic mass is 10.1. The molecule has 0 saturated heterocycles. The SMILES string of the molecule is CCOc1ccc(C(C)NC(=O)C2CN(S(=O)(=O)c3ccc(C)cc3)c3ccccc3O2)cc1. The van der Waals surface area contributed by atoms with Crippen molar-refractivity contribution in [2.24, 2.45) is 0 Å². The smallest absolute Gasteiger partial charge is 0.264 e. The van der Waals surface area contributed by atoms with E-state index in [2.05, 4.69) is 5.32 Å². The molecule has 0 fully saturated rings. The van der Waals surface area contributed by atoms with Crippen molar-refractivity contribution in [3.8, 4) is 11.5 Å². The number of sulfonamides is 1. The van der Waals surface area contributed by atoms with Crippen molar-refractivity contribution < 1.29 is 22.7 Å². The molecule has 1 N–H and O–H groups in total. The van der Waals surface area contributed by atoms with Gasteiger partial charge in [-0.05, 0) is 62.7 Å². The number of rotatable bonds is 7. The maximum atomic E-state index is 13.5. The fourth-order valence-corrected chi connectivity index (χ4v) is 5.29. The summed E-state index contributed by atoms with van der Waals surface area (Å²) in [6, 6.07) is 20.7. The normalized spacial score (nSPS) is 16.2. The molecule has 1 heterocycles. The third kappa shape index (κ3) is 4.87. The molecule has 0 radical (unpaired) electrons. The fourth-order valence-electron chi connectivity index (χ4n) is 3.81. The summed E-state index contributed by atoms with van der Waals surface area (Å²) in [5.41, 5.74) is 2.27. The van der Waals surface area contributed by atoms with Gasteiger partial charge in [0.2, 0.25) is 0 Å². The molecule has 0 bridgehead atoms. The molecule has 0 aromatic heterocycles. The van der Waals surface area contributed by atoms with Gasteiger partial charge in [-0.3, -0.25) is 9.10 Å². The summed E-state index contributed by atoms with van der Waals surface area (Å²) < 4.78 is 39.6. The first-order chi connectivity index (χ1) is 16.3. The van der Waals surface area contributed by atoms with Gasteiger partial charge in [-0.2, -0.15) is 0 Å². The molecule has 1 aliphatic heterocycles. The van der Waals surface area contributed by atoms with Crippen molar-refractivity contribution in [2.45, 2.75) is 37.8 Å². The van der Waals surface area contributed by atoms with Crippen LogP contribution >= 0.6 is 0 Å². The lowest BCUT2D eigenvalue weighted by molar-refractivity contribution is -0.128. The number of carbonyl (C=O) groups excluding carboxylic acids is 1. The third-order valence-electron chi connectivity index (χ3n) is 5.69. The van der Waals surface area contributed by atoms with Gasteiger partial charge in [-0.25, -0.2) is 8.42 Å². The van der Waals surface area contributed by atoms with Crippen LogP contribution in [0.3, 0.4) is 0 Å². The number of hydrogen-bond acceptors (Lipinski definition) is 5.